The molecule has 2 N–H and O–H groups in total. The standard InChI is InChI=1S/C17H27N3OS.HI/c1-12-5-6-13(9-16(12)21-3)11-19-17(18-2)20-14-7-8-15(10-14)22-4;/h5-6,9,14-15H,7-8,10-11H2,1-4H3,(H2,18,19,20);1H. The number of ether oxygens (including phenoxy) is 1. The molecule has 130 valence electrons. The van der Waals surface area contributed by atoms with Gasteiger partial charge in [0.2, 0.25) is 0 Å². The molecule has 0 saturated heterocycles. The lowest BCUT2D eigenvalue weighted by atomic mass is 10.1. The van der Waals surface area contributed by atoms with E-state index in [0.29, 0.717) is 6.04 Å². The van der Waals surface area contributed by atoms with Gasteiger partial charge in [0, 0.05) is 24.9 Å². The molecule has 2 unspecified atom stereocenters. The maximum absolute atomic E-state index is 5.37. The van der Waals surface area contributed by atoms with E-state index in [1.165, 1.54) is 24.8 Å². The first kappa shape index (κ1) is 20.4. The first-order valence-electron chi connectivity index (χ1n) is 7.79. The van der Waals surface area contributed by atoms with Crippen LogP contribution in [0.1, 0.15) is 30.4 Å². The summed E-state index contributed by atoms with van der Waals surface area (Å²) in [6.07, 6.45) is 5.95. The Hall–Kier alpha value is -0.630. The highest BCUT2D eigenvalue weighted by Gasteiger charge is 2.24. The number of nitrogens with one attached hydrogen (secondary N) is 2. The fraction of sp³-hybridized carbons (Fsp3) is 0.588. The van der Waals surface area contributed by atoms with Gasteiger partial charge >= 0.3 is 0 Å². The molecule has 0 spiro atoms. The van der Waals surface area contributed by atoms with Crippen LogP contribution in [0.2, 0.25) is 0 Å². The lowest BCUT2D eigenvalue weighted by Gasteiger charge is -2.17. The highest BCUT2D eigenvalue weighted by molar-refractivity contribution is 14.0. The van der Waals surface area contributed by atoms with E-state index in [0.717, 1.165) is 29.1 Å². The number of halogens is 1. The van der Waals surface area contributed by atoms with Crippen LogP contribution in [-0.4, -0.2) is 37.7 Å². The van der Waals surface area contributed by atoms with Crippen LogP contribution in [0.25, 0.3) is 0 Å². The monoisotopic (exact) mass is 449 g/mol. The quantitative estimate of drug-likeness (QED) is 0.410. The summed E-state index contributed by atoms with van der Waals surface area (Å²) in [6.45, 7) is 2.80. The summed E-state index contributed by atoms with van der Waals surface area (Å²) < 4.78 is 5.37. The average molecular weight is 449 g/mol. The highest BCUT2D eigenvalue weighted by Crippen LogP contribution is 2.28. The number of benzene rings is 1. The molecule has 0 bridgehead atoms. The molecule has 1 saturated carbocycles. The van der Waals surface area contributed by atoms with E-state index in [1.807, 2.05) is 18.8 Å². The predicted octanol–water partition coefficient (Wildman–Crippen LogP) is 3.57. The third-order valence-corrected chi connectivity index (χ3v) is 5.31. The number of hydrogen-bond acceptors (Lipinski definition) is 3. The minimum atomic E-state index is 0. The van der Waals surface area contributed by atoms with Gasteiger partial charge in [0.05, 0.1) is 7.11 Å². The zero-order valence-electron chi connectivity index (χ0n) is 14.4. The largest absolute Gasteiger partial charge is 0.496 e. The van der Waals surface area contributed by atoms with Gasteiger partial charge in [0.25, 0.3) is 0 Å². The molecule has 1 fully saturated rings. The number of nitrogens with zero attached hydrogens (tertiary/aromatic N) is 1. The van der Waals surface area contributed by atoms with Crippen molar-refractivity contribution in [3.8, 4) is 5.75 Å². The van der Waals surface area contributed by atoms with Gasteiger partial charge < -0.3 is 15.4 Å². The number of hydrogen-bond donors (Lipinski definition) is 2. The summed E-state index contributed by atoms with van der Waals surface area (Å²) in [5.74, 6) is 1.81. The molecule has 0 amide bonds. The van der Waals surface area contributed by atoms with Crippen LogP contribution < -0.4 is 15.4 Å². The maximum Gasteiger partial charge on any atom is 0.191 e. The van der Waals surface area contributed by atoms with E-state index >= 15 is 0 Å². The van der Waals surface area contributed by atoms with Gasteiger partial charge in [-0.3, -0.25) is 4.99 Å². The van der Waals surface area contributed by atoms with Crippen molar-refractivity contribution < 1.29 is 4.74 Å². The topological polar surface area (TPSA) is 45.7 Å². The second-order valence-corrected chi connectivity index (χ2v) is 6.88. The summed E-state index contributed by atoms with van der Waals surface area (Å²) >= 11 is 1.97. The summed E-state index contributed by atoms with van der Waals surface area (Å²) in [5.41, 5.74) is 2.35. The number of rotatable bonds is 5. The zero-order chi connectivity index (χ0) is 15.9. The van der Waals surface area contributed by atoms with E-state index in [2.05, 4.69) is 47.0 Å². The highest BCUT2D eigenvalue weighted by atomic mass is 127. The Balaban J connectivity index is 0.00000264. The van der Waals surface area contributed by atoms with Gasteiger partial charge in [-0.2, -0.15) is 11.8 Å². The molecule has 0 radical (unpaired) electrons. The summed E-state index contributed by atoms with van der Waals surface area (Å²) in [6, 6.07) is 6.83. The van der Waals surface area contributed by atoms with Crippen molar-refractivity contribution in [3.63, 3.8) is 0 Å². The molecule has 2 atom stereocenters. The summed E-state index contributed by atoms with van der Waals surface area (Å²) in [7, 11) is 3.54. The number of aryl methyl sites for hydroxylation is 1. The lowest BCUT2D eigenvalue weighted by Crippen LogP contribution is -2.42. The van der Waals surface area contributed by atoms with Crippen molar-refractivity contribution in [2.75, 3.05) is 20.4 Å². The Morgan fingerprint density at radius 2 is 2.17 bits per heavy atom. The molecule has 0 aliphatic heterocycles. The molecule has 1 aromatic carbocycles. The van der Waals surface area contributed by atoms with Gasteiger partial charge in [-0.1, -0.05) is 12.1 Å². The molecule has 4 nitrogen and oxygen atoms in total. The van der Waals surface area contributed by atoms with Crippen LogP contribution in [0.3, 0.4) is 0 Å². The van der Waals surface area contributed by atoms with Crippen molar-refractivity contribution in [1.82, 2.24) is 10.6 Å². The minimum Gasteiger partial charge on any atom is -0.496 e. The Kier molecular flexibility index (Phi) is 9.12. The maximum atomic E-state index is 5.37. The van der Waals surface area contributed by atoms with Crippen LogP contribution in [0.5, 0.6) is 5.75 Å². The number of guanidine groups is 1. The third-order valence-electron chi connectivity index (χ3n) is 4.21. The molecule has 1 aromatic rings. The van der Waals surface area contributed by atoms with Crippen molar-refractivity contribution in [3.05, 3.63) is 29.3 Å². The third kappa shape index (κ3) is 6.06. The first-order chi connectivity index (χ1) is 10.7. The van der Waals surface area contributed by atoms with E-state index < -0.39 is 0 Å². The molecule has 6 heteroatoms. The van der Waals surface area contributed by atoms with Crippen LogP contribution >= 0.6 is 35.7 Å². The van der Waals surface area contributed by atoms with Gasteiger partial charge in [-0.05, 0) is 49.6 Å². The predicted molar refractivity (Wildman–Crippen MR) is 111 cm³/mol. The Bertz CT molecular complexity index is 525. The van der Waals surface area contributed by atoms with Crippen LogP contribution in [0, 0.1) is 6.92 Å². The molecule has 1 aliphatic carbocycles. The second kappa shape index (κ2) is 10.3. The van der Waals surface area contributed by atoms with Crippen LogP contribution in [-0.2, 0) is 6.54 Å². The SMILES string of the molecule is CN=C(NCc1ccc(C)c(OC)c1)NC1CCC(SC)C1.I. The number of aliphatic imine (C=N–C) groups is 1. The molecular weight excluding hydrogens is 421 g/mol. The fourth-order valence-electron chi connectivity index (χ4n) is 2.83. The van der Waals surface area contributed by atoms with Crippen molar-refractivity contribution in [2.45, 2.75) is 44.0 Å². The smallest absolute Gasteiger partial charge is 0.191 e. The van der Waals surface area contributed by atoms with Gasteiger partial charge in [-0.15, -0.1) is 24.0 Å². The van der Waals surface area contributed by atoms with Crippen LogP contribution in [0.4, 0.5) is 0 Å². The Labute approximate surface area is 161 Å². The first-order valence-corrected chi connectivity index (χ1v) is 9.08. The number of methoxy groups -OCH3 is 1. The van der Waals surface area contributed by atoms with Crippen molar-refractivity contribution >= 4 is 41.7 Å². The van der Waals surface area contributed by atoms with Gasteiger partial charge in [0.1, 0.15) is 5.75 Å². The second-order valence-electron chi connectivity index (χ2n) is 5.74. The van der Waals surface area contributed by atoms with Gasteiger partial charge in [-0.25, -0.2) is 0 Å². The zero-order valence-corrected chi connectivity index (χ0v) is 17.5. The van der Waals surface area contributed by atoms with Crippen molar-refractivity contribution in [1.29, 1.82) is 0 Å². The summed E-state index contributed by atoms with van der Waals surface area (Å²) in [4.78, 5) is 4.33. The molecular formula is C17H28IN3OS. The van der Waals surface area contributed by atoms with E-state index in [9.17, 15) is 0 Å². The Morgan fingerprint density at radius 3 is 2.78 bits per heavy atom. The average Bonchev–Trinajstić information content (AvgIpc) is 3.00. The normalized spacial score (nSPS) is 20.8. The lowest BCUT2D eigenvalue weighted by molar-refractivity contribution is 0.411. The van der Waals surface area contributed by atoms with Crippen molar-refractivity contribution in [2.24, 2.45) is 4.99 Å². The molecule has 1 aliphatic rings. The van der Waals surface area contributed by atoms with E-state index in [4.69, 9.17) is 4.74 Å². The van der Waals surface area contributed by atoms with E-state index in [1.54, 1.807) is 7.11 Å². The Morgan fingerprint density at radius 1 is 1.39 bits per heavy atom. The minimum absolute atomic E-state index is 0. The van der Waals surface area contributed by atoms with E-state index in [-0.39, 0.29) is 24.0 Å². The number of thioether (sulfide) groups is 1. The van der Waals surface area contributed by atoms with Crippen LogP contribution in [0.15, 0.2) is 23.2 Å². The summed E-state index contributed by atoms with van der Waals surface area (Å²) in [5, 5.41) is 7.72. The molecule has 23 heavy (non-hydrogen) atoms. The fourth-order valence-corrected chi connectivity index (χ4v) is 3.63. The van der Waals surface area contributed by atoms with Gasteiger partial charge in [0.15, 0.2) is 5.96 Å². The molecule has 0 aromatic heterocycles. The molecule has 0 heterocycles. The molecule has 2 rings (SSSR count).